The highest BCUT2D eigenvalue weighted by molar-refractivity contribution is 7.13. The van der Waals surface area contributed by atoms with Crippen molar-refractivity contribution < 1.29 is 4.79 Å². The first kappa shape index (κ1) is 21.6. The highest BCUT2D eigenvalue weighted by Gasteiger charge is 2.22. The summed E-state index contributed by atoms with van der Waals surface area (Å²) in [5.41, 5.74) is 4.37. The predicted molar refractivity (Wildman–Crippen MR) is 132 cm³/mol. The molecule has 168 valence electrons. The topological polar surface area (TPSA) is 75.1 Å². The smallest absolute Gasteiger partial charge is 0.170 e. The number of aromatic nitrogens is 4. The summed E-state index contributed by atoms with van der Waals surface area (Å²) in [5, 5.41) is 0.951. The molecule has 7 nitrogen and oxygen atoms in total. The Balaban J connectivity index is 1.32. The summed E-state index contributed by atoms with van der Waals surface area (Å²) < 4.78 is 0. The van der Waals surface area contributed by atoms with Crippen molar-refractivity contribution in [2.24, 2.45) is 0 Å². The van der Waals surface area contributed by atoms with Crippen LogP contribution in [-0.2, 0) is 6.42 Å². The number of nitrogens with zero attached hydrogens (tertiary/aromatic N) is 6. The molecule has 0 amide bonds. The molecule has 3 aromatic heterocycles. The molecule has 1 saturated heterocycles. The second-order valence-electron chi connectivity index (χ2n) is 8.61. The van der Waals surface area contributed by atoms with Gasteiger partial charge >= 0.3 is 0 Å². The lowest BCUT2D eigenvalue weighted by molar-refractivity contribution is 0.0991. The molecule has 0 spiro atoms. The molecule has 1 aromatic carbocycles. The van der Waals surface area contributed by atoms with Crippen LogP contribution in [0, 0.1) is 0 Å². The van der Waals surface area contributed by atoms with Gasteiger partial charge in [0.05, 0.1) is 22.3 Å². The number of thiazole rings is 1. The minimum absolute atomic E-state index is 0.000195. The number of Topliss-reactive ketones (excluding diaryl/α,β-unsaturated/α-hetero) is 1. The Hall–Kier alpha value is -3.23. The normalized spacial score (nSPS) is 14.8. The molecule has 0 atom stereocenters. The Morgan fingerprint density at radius 2 is 1.97 bits per heavy atom. The molecule has 0 unspecified atom stereocenters. The lowest BCUT2D eigenvalue weighted by Gasteiger charge is -2.35. The standard InChI is InChI=1S/C25H26N6OS/c1-30(2)20-6-9-31(10-7-20)25-12-17(5-8-27-25)22(32)13-24-28-14-19-4-3-18(11-21(19)29-24)23-15-26-16-33-23/h3-5,8,11-12,14-16,20H,6-7,9-10,13H2,1-2H3. The number of carbonyl (C=O) groups is 1. The van der Waals surface area contributed by atoms with Crippen LogP contribution in [0.15, 0.2) is 54.4 Å². The lowest BCUT2D eigenvalue weighted by atomic mass is 10.0. The van der Waals surface area contributed by atoms with Crippen molar-refractivity contribution >= 4 is 33.8 Å². The SMILES string of the molecule is CN(C)C1CCN(c2cc(C(=O)Cc3ncc4ccc(-c5cncs5)cc4n3)ccn2)CC1. The number of pyridine rings is 1. The zero-order valence-corrected chi connectivity index (χ0v) is 19.6. The van der Waals surface area contributed by atoms with Crippen molar-refractivity contribution in [1.29, 1.82) is 0 Å². The van der Waals surface area contributed by atoms with Crippen LogP contribution in [0.3, 0.4) is 0 Å². The maximum Gasteiger partial charge on any atom is 0.170 e. The molecule has 4 aromatic rings. The summed E-state index contributed by atoms with van der Waals surface area (Å²) in [6.45, 7) is 1.90. The van der Waals surface area contributed by atoms with E-state index in [9.17, 15) is 4.79 Å². The number of rotatable bonds is 6. The number of piperidine rings is 1. The van der Waals surface area contributed by atoms with E-state index in [0.29, 0.717) is 17.4 Å². The predicted octanol–water partition coefficient (Wildman–Crippen LogP) is 4.10. The van der Waals surface area contributed by atoms with Crippen molar-refractivity contribution in [1.82, 2.24) is 24.8 Å². The highest BCUT2D eigenvalue weighted by atomic mass is 32.1. The summed E-state index contributed by atoms with van der Waals surface area (Å²) in [4.78, 5) is 36.5. The average Bonchev–Trinajstić information content (AvgIpc) is 3.39. The van der Waals surface area contributed by atoms with Crippen LogP contribution < -0.4 is 4.90 Å². The third-order valence-corrected chi connectivity index (χ3v) is 7.08. The van der Waals surface area contributed by atoms with E-state index in [2.05, 4.69) is 43.8 Å². The van der Waals surface area contributed by atoms with Crippen LogP contribution >= 0.6 is 11.3 Å². The van der Waals surface area contributed by atoms with Gasteiger partial charge in [-0.2, -0.15) is 0 Å². The Morgan fingerprint density at radius 3 is 2.73 bits per heavy atom. The molecule has 0 saturated carbocycles. The Morgan fingerprint density at radius 1 is 1.12 bits per heavy atom. The number of hydrogen-bond acceptors (Lipinski definition) is 8. The first-order valence-electron chi connectivity index (χ1n) is 11.1. The van der Waals surface area contributed by atoms with Crippen molar-refractivity contribution in [3.05, 3.63) is 65.8 Å². The van der Waals surface area contributed by atoms with Crippen LogP contribution in [0.1, 0.15) is 29.0 Å². The number of carbonyl (C=O) groups excluding carboxylic acids is 1. The fourth-order valence-electron chi connectivity index (χ4n) is 4.28. The van der Waals surface area contributed by atoms with Gasteiger partial charge in [-0.15, -0.1) is 11.3 Å². The van der Waals surface area contributed by atoms with E-state index in [4.69, 9.17) is 0 Å². The number of benzene rings is 1. The minimum Gasteiger partial charge on any atom is -0.356 e. The Bertz CT molecular complexity index is 1270. The van der Waals surface area contributed by atoms with Crippen molar-refractivity contribution in [3.63, 3.8) is 0 Å². The van der Waals surface area contributed by atoms with Crippen LogP contribution in [0.4, 0.5) is 5.82 Å². The van der Waals surface area contributed by atoms with Crippen molar-refractivity contribution in [2.75, 3.05) is 32.1 Å². The van der Waals surface area contributed by atoms with Crippen molar-refractivity contribution in [2.45, 2.75) is 25.3 Å². The molecule has 1 aliphatic heterocycles. The van der Waals surface area contributed by atoms with Gasteiger partial charge in [-0.25, -0.2) is 15.0 Å². The largest absolute Gasteiger partial charge is 0.356 e. The van der Waals surface area contributed by atoms with Crippen molar-refractivity contribution in [3.8, 4) is 10.4 Å². The number of ketones is 1. The highest BCUT2D eigenvalue weighted by Crippen LogP contribution is 2.26. The van der Waals surface area contributed by atoms with E-state index >= 15 is 0 Å². The first-order valence-corrected chi connectivity index (χ1v) is 12.0. The molecule has 1 aliphatic rings. The molecular formula is C25H26N6OS. The Kier molecular flexibility index (Phi) is 6.11. The fourth-order valence-corrected chi connectivity index (χ4v) is 4.90. The van der Waals surface area contributed by atoms with Gasteiger partial charge in [0.15, 0.2) is 5.78 Å². The van der Waals surface area contributed by atoms with E-state index in [0.717, 1.165) is 53.1 Å². The second kappa shape index (κ2) is 9.33. The minimum atomic E-state index is -0.000195. The third kappa shape index (κ3) is 4.77. The number of hydrogen-bond donors (Lipinski definition) is 0. The van der Waals surface area contributed by atoms with E-state index in [-0.39, 0.29) is 12.2 Å². The zero-order valence-electron chi connectivity index (χ0n) is 18.8. The van der Waals surface area contributed by atoms with Gasteiger partial charge < -0.3 is 9.80 Å². The maximum atomic E-state index is 13.0. The molecule has 0 radical (unpaired) electrons. The average molecular weight is 459 g/mol. The maximum absolute atomic E-state index is 13.0. The third-order valence-electron chi connectivity index (χ3n) is 6.25. The van der Waals surface area contributed by atoms with E-state index in [1.165, 1.54) is 0 Å². The molecule has 5 rings (SSSR count). The molecule has 0 N–H and O–H groups in total. The molecule has 1 fully saturated rings. The molecule has 33 heavy (non-hydrogen) atoms. The summed E-state index contributed by atoms with van der Waals surface area (Å²) in [7, 11) is 4.26. The van der Waals surface area contributed by atoms with E-state index < -0.39 is 0 Å². The van der Waals surface area contributed by atoms with E-state index in [1.807, 2.05) is 36.0 Å². The molecule has 0 bridgehead atoms. The molecule has 0 aliphatic carbocycles. The van der Waals surface area contributed by atoms with Crippen LogP contribution in [0.5, 0.6) is 0 Å². The van der Waals surface area contributed by atoms with Crippen LogP contribution in [0.2, 0.25) is 0 Å². The summed E-state index contributed by atoms with van der Waals surface area (Å²) in [6, 6.07) is 10.4. The summed E-state index contributed by atoms with van der Waals surface area (Å²) in [5.74, 6) is 1.39. The van der Waals surface area contributed by atoms with Crippen LogP contribution in [0.25, 0.3) is 21.3 Å². The van der Waals surface area contributed by atoms with Gasteiger partial charge in [0, 0.05) is 48.7 Å². The van der Waals surface area contributed by atoms with E-state index in [1.54, 1.807) is 29.8 Å². The van der Waals surface area contributed by atoms with Gasteiger partial charge in [0.1, 0.15) is 11.6 Å². The Labute approximate surface area is 197 Å². The van der Waals surface area contributed by atoms with Gasteiger partial charge in [0.2, 0.25) is 0 Å². The van der Waals surface area contributed by atoms with Gasteiger partial charge in [-0.1, -0.05) is 12.1 Å². The van der Waals surface area contributed by atoms with Crippen LogP contribution in [-0.4, -0.2) is 63.8 Å². The van der Waals surface area contributed by atoms with Gasteiger partial charge in [-0.05, 0) is 50.7 Å². The fraction of sp³-hybridized carbons (Fsp3) is 0.320. The molecule has 4 heterocycles. The van der Waals surface area contributed by atoms with Gasteiger partial charge in [0.25, 0.3) is 0 Å². The summed E-state index contributed by atoms with van der Waals surface area (Å²) in [6.07, 6.45) is 7.72. The number of fused-ring (bicyclic) bond motifs is 1. The monoisotopic (exact) mass is 458 g/mol. The molecule has 8 heteroatoms. The van der Waals surface area contributed by atoms with Gasteiger partial charge in [-0.3, -0.25) is 9.78 Å². The zero-order chi connectivity index (χ0) is 22.8. The lowest BCUT2D eigenvalue weighted by Crippen LogP contribution is -2.42. The number of anilines is 1. The quantitative estimate of drug-likeness (QED) is 0.403. The second-order valence-corrected chi connectivity index (χ2v) is 9.50. The molecular weight excluding hydrogens is 432 g/mol. The first-order chi connectivity index (χ1) is 16.1. The summed E-state index contributed by atoms with van der Waals surface area (Å²) >= 11 is 1.59.